The molecular formula is C26H32Cl3N3O4S. The summed E-state index contributed by atoms with van der Waals surface area (Å²) in [6, 6.07) is 9.15. The highest BCUT2D eigenvalue weighted by Gasteiger charge is 2.33. The highest BCUT2D eigenvalue weighted by atomic mass is 35.5. The molecule has 1 fully saturated rings. The van der Waals surface area contributed by atoms with Crippen LogP contribution in [0.1, 0.15) is 50.2 Å². The molecule has 0 heterocycles. The third-order valence-electron chi connectivity index (χ3n) is 6.61. The van der Waals surface area contributed by atoms with Gasteiger partial charge in [0.05, 0.1) is 22.0 Å². The first kappa shape index (κ1) is 29.6. The van der Waals surface area contributed by atoms with Crippen LogP contribution in [0, 0.1) is 6.92 Å². The molecule has 3 rings (SSSR count). The molecule has 0 unspecified atom stereocenters. The van der Waals surface area contributed by atoms with Gasteiger partial charge in [0.15, 0.2) is 0 Å². The number of sulfonamides is 1. The lowest BCUT2D eigenvalue weighted by atomic mass is 10.1. The minimum absolute atomic E-state index is 0.0540. The van der Waals surface area contributed by atoms with Crippen LogP contribution in [0.4, 0.5) is 5.69 Å². The van der Waals surface area contributed by atoms with Crippen molar-refractivity contribution in [2.24, 2.45) is 0 Å². The third kappa shape index (κ3) is 7.53. The Bertz CT molecular complexity index is 1250. The molecule has 37 heavy (non-hydrogen) atoms. The van der Waals surface area contributed by atoms with Gasteiger partial charge in [-0.05, 0) is 61.6 Å². The summed E-state index contributed by atoms with van der Waals surface area (Å²) in [7, 11) is -3.85. The van der Waals surface area contributed by atoms with Gasteiger partial charge in [0.25, 0.3) is 0 Å². The normalized spacial score (nSPS) is 14.9. The zero-order valence-corrected chi connectivity index (χ0v) is 24.2. The molecule has 1 aliphatic rings. The SMILES string of the molecule is CC[C@@H](C(=O)NC1CCCC1)N(Cc1ccc(Cl)c(Cl)c1)C(=O)CN(c1cccc(Cl)c1C)S(C)(=O)=O. The van der Waals surface area contributed by atoms with E-state index in [1.807, 2.05) is 6.92 Å². The van der Waals surface area contributed by atoms with Crippen molar-refractivity contribution in [3.63, 3.8) is 0 Å². The molecule has 7 nitrogen and oxygen atoms in total. The molecule has 1 aliphatic carbocycles. The molecule has 0 aromatic heterocycles. The first-order valence-electron chi connectivity index (χ1n) is 12.2. The van der Waals surface area contributed by atoms with Gasteiger partial charge in [-0.3, -0.25) is 13.9 Å². The Morgan fingerprint density at radius 2 is 1.73 bits per heavy atom. The number of amides is 2. The van der Waals surface area contributed by atoms with Gasteiger partial charge in [-0.2, -0.15) is 0 Å². The molecule has 2 aromatic carbocycles. The van der Waals surface area contributed by atoms with Gasteiger partial charge in [0.2, 0.25) is 21.8 Å². The molecule has 11 heteroatoms. The molecule has 0 aliphatic heterocycles. The van der Waals surface area contributed by atoms with Crippen molar-refractivity contribution < 1.29 is 18.0 Å². The second kappa shape index (κ2) is 12.7. The van der Waals surface area contributed by atoms with Crippen LogP contribution in [-0.2, 0) is 26.2 Å². The number of halogens is 3. The topological polar surface area (TPSA) is 86.8 Å². The zero-order valence-electron chi connectivity index (χ0n) is 21.1. The fourth-order valence-electron chi connectivity index (χ4n) is 4.58. The summed E-state index contributed by atoms with van der Waals surface area (Å²) in [5, 5.41) is 4.15. The standard InChI is InChI=1S/C26H32Cl3N3O4S/c1-4-23(26(34)30-19-8-5-6-9-19)31(15-18-12-13-21(28)22(29)14-18)25(33)16-32(37(3,35)36)24-11-7-10-20(27)17(24)2/h7,10-14,19,23H,4-6,8-9,15-16H2,1-3H3,(H,30,34)/t23-/m0/s1. The number of carbonyl (C=O) groups is 2. The van der Waals surface area contributed by atoms with Crippen LogP contribution in [0.5, 0.6) is 0 Å². The molecule has 1 N–H and O–H groups in total. The van der Waals surface area contributed by atoms with Crippen LogP contribution in [-0.4, -0.2) is 50.0 Å². The summed E-state index contributed by atoms with van der Waals surface area (Å²) in [6.45, 7) is 3.08. The average Bonchev–Trinajstić information content (AvgIpc) is 3.34. The van der Waals surface area contributed by atoms with Crippen molar-refractivity contribution in [3.8, 4) is 0 Å². The fraction of sp³-hybridized carbons (Fsp3) is 0.462. The number of hydrogen-bond acceptors (Lipinski definition) is 4. The minimum atomic E-state index is -3.85. The van der Waals surface area contributed by atoms with E-state index in [4.69, 9.17) is 34.8 Å². The predicted octanol–water partition coefficient (Wildman–Crippen LogP) is 5.59. The van der Waals surface area contributed by atoms with E-state index in [9.17, 15) is 18.0 Å². The van der Waals surface area contributed by atoms with E-state index in [1.54, 1.807) is 43.3 Å². The van der Waals surface area contributed by atoms with E-state index in [0.717, 1.165) is 36.2 Å². The molecule has 0 spiro atoms. The van der Waals surface area contributed by atoms with E-state index in [1.165, 1.54) is 4.90 Å². The largest absolute Gasteiger partial charge is 0.352 e. The van der Waals surface area contributed by atoms with Gasteiger partial charge in [-0.15, -0.1) is 0 Å². The van der Waals surface area contributed by atoms with Crippen molar-refractivity contribution in [1.82, 2.24) is 10.2 Å². The lowest BCUT2D eigenvalue weighted by Crippen LogP contribution is -2.53. The van der Waals surface area contributed by atoms with E-state index in [2.05, 4.69) is 5.32 Å². The Labute approximate surface area is 234 Å². The monoisotopic (exact) mass is 587 g/mol. The number of nitrogens with one attached hydrogen (secondary N) is 1. The zero-order chi connectivity index (χ0) is 27.3. The minimum Gasteiger partial charge on any atom is -0.352 e. The Balaban J connectivity index is 1.97. The summed E-state index contributed by atoms with van der Waals surface area (Å²) in [4.78, 5) is 28.6. The summed E-state index contributed by atoms with van der Waals surface area (Å²) >= 11 is 18.5. The van der Waals surface area contributed by atoms with Crippen LogP contribution >= 0.6 is 34.8 Å². The van der Waals surface area contributed by atoms with Gasteiger partial charge in [0.1, 0.15) is 12.6 Å². The number of nitrogens with zero attached hydrogens (tertiary/aromatic N) is 2. The molecule has 2 amide bonds. The molecule has 202 valence electrons. The summed E-state index contributed by atoms with van der Waals surface area (Å²) in [5.41, 5.74) is 1.51. The van der Waals surface area contributed by atoms with Crippen LogP contribution in [0.2, 0.25) is 15.1 Å². The van der Waals surface area contributed by atoms with E-state index in [-0.39, 0.29) is 18.5 Å². The average molecular weight is 589 g/mol. The first-order chi connectivity index (χ1) is 17.4. The van der Waals surface area contributed by atoms with Gasteiger partial charge in [-0.25, -0.2) is 8.42 Å². The van der Waals surface area contributed by atoms with Crippen LogP contribution < -0.4 is 9.62 Å². The molecule has 2 aromatic rings. The maximum absolute atomic E-state index is 13.8. The maximum atomic E-state index is 13.8. The highest BCUT2D eigenvalue weighted by Crippen LogP contribution is 2.29. The van der Waals surface area contributed by atoms with Crippen molar-refractivity contribution in [3.05, 3.63) is 62.6 Å². The number of carbonyl (C=O) groups excluding carboxylic acids is 2. The Morgan fingerprint density at radius 1 is 1.05 bits per heavy atom. The summed E-state index contributed by atoms with van der Waals surface area (Å²) in [6.07, 6.45) is 5.29. The van der Waals surface area contributed by atoms with E-state index < -0.39 is 28.5 Å². The second-order valence-corrected chi connectivity index (χ2v) is 12.5. The maximum Gasteiger partial charge on any atom is 0.244 e. The molecule has 0 bridgehead atoms. The molecule has 1 saturated carbocycles. The molecule has 0 saturated heterocycles. The number of anilines is 1. The smallest absolute Gasteiger partial charge is 0.244 e. The second-order valence-electron chi connectivity index (χ2n) is 9.34. The number of benzene rings is 2. The van der Waals surface area contributed by atoms with Gasteiger partial charge in [-0.1, -0.05) is 66.7 Å². The number of hydrogen-bond donors (Lipinski definition) is 1. The summed E-state index contributed by atoms with van der Waals surface area (Å²) in [5.74, 6) is -0.781. The predicted molar refractivity (Wildman–Crippen MR) is 150 cm³/mol. The quantitative estimate of drug-likeness (QED) is 0.392. The Morgan fingerprint density at radius 3 is 2.32 bits per heavy atom. The lowest BCUT2D eigenvalue weighted by molar-refractivity contribution is -0.140. The highest BCUT2D eigenvalue weighted by molar-refractivity contribution is 7.92. The first-order valence-corrected chi connectivity index (χ1v) is 15.2. The molecule has 1 atom stereocenters. The molecular weight excluding hydrogens is 557 g/mol. The third-order valence-corrected chi connectivity index (χ3v) is 8.89. The van der Waals surface area contributed by atoms with Crippen molar-refractivity contribution >= 4 is 62.3 Å². The summed E-state index contributed by atoms with van der Waals surface area (Å²) < 4.78 is 26.6. The van der Waals surface area contributed by atoms with Crippen molar-refractivity contribution in [2.75, 3.05) is 17.1 Å². The Hall–Kier alpha value is -2.00. The van der Waals surface area contributed by atoms with Gasteiger partial charge in [0, 0.05) is 17.6 Å². The fourth-order valence-corrected chi connectivity index (χ4v) is 5.97. The van der Waals surface area contributed by atoms with E-state index in [0.29, 0.717) is 38.3 Å². The van der Waals surface area contributed by atoms with Crippen molar-refractivity contribution in [2.45, 2.75) is 64.6 Å². The van der Waals surface area contributed by atoms with Gasteiger partial charge >= 0.3 is 0 Å². The number of rotatable bonds is 10. The van der Waals surface area contributed by atoms with Crippen LogP contribution in [0.15, 0.2) is 36.4 Å². The van der Waals surface area contributed by atoms with Crippen LogP contribution in [0.25, 0.3) is 0 Å². The molecule has 0 radical (unpaired) electrons. The Kier molecular flexibility index (Phi) is 10.1. The van der Waals surface area contributed by atoms with Gasteiger partial charge < -0.3 is 10.2 Å². The van der Waals surface area contributed by atoms with E-state index >= 15 is 0 Å². The van der Waals surface area contributed by atoms with Crippen molar-refractivity contribution in [1.29, 1.82) is 0 Å². The van der Waals surface area contributed by atoms with Crippen LogP contribution in [0.3, 0.4) is 0 Å². The lowest BCUT2D eigenvalue weighted by Gasteiger charge is -2.33.